The van der Waals surface area contributed by atoms with Crippen LogP contribution in [0.3, 0.4) is 0 Å². The van der Waals surface area contributed by atoms with Gasteiger partial charge in [-0.3, -0.25) is 4.79 Å². The predicted octanol–water partition coefficient (Wildman–Crippen LogP) is 5.23. The molecule has 0 bridgehead atoms. The number of ether oxygens (including phenoxy) is 3. The Morgan fingerprint density at radius 1 is 1.16 bits per heavy atom. The van der Waals surface area contributed by atoms with Crippen molar-refractivity contribution in [2.75, 3.05) is 13.7 Å². The molecule has 3 rings (SSSR count). The molecule has 0 N–H and O–H groups in total. The number of alkyl halides is 2. The molecule has 174 valence electrons. The molecule has 2 aromatic rings. The smallest absolute Gasteiger partial charge is 0.397 e. The van der Waals surface area contributed by atoms with Crippen LogP contribution >= 0.6 is 0 Å². The van der Waals surface area contributed by atoms with Gasteiger partial charge in [0.15, 0.2) is 16.9 Å². The molecule has 1 unspecified atom stereocenters. The van der Waals surface area contributed by atoms with E-state index in [2.05, 4.69) is 0 Å². The average Bonchev–Trinajstić information content (AvgIpc) is 2.71. The first-order valence-electron chi connectivity index (χ1n) is 10.6. The van der Waals surface area contributed by atoms with Gasteiger partial charge in [0.2, 0.25) is 0 Å². The summed E-state index contributed by atoms with van der Waals surface area (Å²) in [6, 6.07) is 4.41. The molecule has 0 fully saturated rings. The fourth-order valence-corrected chi connectivity index (χ4v) is 3.90. The summed E-state index contributed by atoms with van der Waals surface area (Å²) in [7, 11) is 1.37. The normalized spacial score (nSPS) is 15.6. The summed E-state index contributed by atoms with van der Waals surface area (Å²) in [5.41, 5.74) is 1.24. The summed E-state index contributed by atoms with van der Waals surface area (Å²) in [5.74, 6) is -0.585. The van der Waals surface area contributed by atoms with Crippen LogP contribution in [-0.4, -0.2) is 30.4 Å². The fraction of sp³-hybridized carbons (Fsp3) is 0.500. The number of hydrogen-bond acceptors (Lipinski definition) is 5. The number of rotatable bonds is 6. The Morgan fingerprint density at radius 3 is 2.41 bits per heavy atom. The van der Waals surface area contributed by atoms with Crippen LogP contribution in [0.25, 0.3) is 11.3 Å². The quantitative estimate of drug-likeness (QED) is 0.566. The lowest BCUT2D eigenvalue weighted by atomic mass is 9.78. The van der Waals surface area contributed by atoms with E-state index in [0.717, 1.165) is 5.56 Å². The van der Waals surface area contributed by atoms with Crippen LogP contribution in [0, 0.1) is 5.41 Å². The highest BCUT2D eigenvalue weighted by Crippen LogP contribution is 2.46. The lowest BCUT2D eigenvalue weighted by molar-refractivity contribution is -0.178. The monoisotopic (exact) mass is 449 g/mol. The molecule has 1 aliphatic heterocycles. The maximum absolute atomic E-state index is 14.0. The van der Waals surface area contributed by atoms with Gasteiger partial charge in [-0.05, 0) is 36.5 Å². The van der Waals surface area contributed by atoms with Gasteiger partial charge in [0.1, 0.15) is 5.56 Å². The first-order valence-corrected chi connectivity index (χ1v) is 10.6. The molecule has 32 heavy (non-hydrogen) atoms. The van der Waals surface area contributed by atoms with Crippen LogP contribution in [0.4, 0.5) is 8.78 Å². The van der Waals surface area contributed by atoms with Gasteiger partial charge >= 0.3 is 12.1 Å². The Bertz CT molecular complexity index is 1090. The second kappa shape index (κ2) is 8.56. The van der Waals surface area contributed by atoms with Crippen LogP contribution in [-0.2, 0) is 11.2 Å². The standard InChI is InChI=1S/C24H29F2NO5/c1-7-24(25,26)32-20-9-14-10-21(23(3,4)5)27-13-16(22(29)31-8-2)18(28)12-17(27)15(14)11-19(20)30-6/h9,11-13,21H,7-8,10H2,1-6H3. The van der Waals surface area contributed by atoms with Crippen molar-refractivity contribution in [2.45, 2.75) is 59.6 Å². The number of pyridine rings is 1. The second-order valence-corrected chi connectivity index (χ2v) is 8.90. The van der Waals surface area contributed by atoms with Gasteiger partial charge in [0.25, 0.3) is 0 Å². The minimum absolute atomic E-state index is 0.0391. The van der Waals surface area contributed by atoms with Gasteiger partial charge < -0.3 is 18.8 Å². The van der Waals surface area contributed by atoms with E-state index in [1.807, 2.05) is 25.3 Å². The van der Waals surface area contributed by atoms with Crippen molar-refractivity contribution in [3.63, 3.8) is 0 Å². The molecule has 1 aliphatic rings. The Labute approximate surface area is 186 Å². The Morgan fingerprint density at radius 2 is 1.84 bits per heavy atom. The molecule has 6 nitrogen and oxygen atoms in total. The third-order valence-corrected chi connectivity index (χ3v) is 5.66. The van der Waals surface area contributed by atoms with E-state index in [9.17, 15) is 18.4 Å². The number of esters is 1. The number of fused-ring (bicyclic) bond motifs is 3. The summed E-state index contributed by atoms with van der Waals surface area (Å²) in [6.07, 6.45) is -1.78. The molecule has 0 spiro atoms. The van der Waals surface area contributed by atoms with E-state index < -0.39 is 23.9 Å². The largest absolute Gasteiger partial charge is 0.493 e. The highest BCUT2D eigenvalue weighted by Gasteiger charge is 2.36. The van der Waals surface area contributed by atoms with Crippen LogP contribution in [0.15, 0.2) is 29.2 Å². The van der Waals surface area contributed by atoms with Gasteiger partial charge in [-0.25, -0.2) is 4.79 Å². The van der Waals surface area contributed by atoms with Gasteiger partial charge in [0.05, 0.1) is 19.4 Å². The Balaban J connectivity index is 2.24. The highest BCUT2D eigenvalue weighted by molar-refractivity contribution is 5.89. The number of nitrogens with zero attached hydrogens (tertiary/aromatic N) is 1. The zero-order valence-electron chi connectivity index (χ0n) is 19.3. The number of carbonyl (C=O) groups is 1. The van der Waals surface area contributed by atoms with Crippen LogP contribution in [0.2, 0.25) is 0 Å². The summed E-state index contributed by atoms with van der Waals surface area (Å²) < 4.78 is 45.1. The van der Waals surface area contributed by atoms with Crippen LogP contribution < -0.4 is 14.9 Å². The molecule has 1 aromatic carbocycles. The first-order chi connectivity index (χ1) is 14.9. The maximum atomic E-state index is 14.0. The number of benzene rings is 1. The summed E-state index contributed by atoms with van der Waals surface area (Å²) >= 11 is 0. The summed E-state index contributed by atoms with van der Waals surface area (Å²) in [6.45, 7) is 9.30. The number of methoxy groups -OCH3 is 1. The lowest BCUT2D eigenvalue weighted by Gasteiger charge is -2.39. The fourth-order valence-electron chi connectivity index (χ4n) is 3.90. The van der Waals surface area contributed by atoms with Crippen molar-refractivity contribution in [2.24, 2.45) is 5.41 Å². The summed E-state index contributed by atoms with van der Waals surface area (Å²) in [5, 5.41) is 0. The Kier molecular flexibility index (Phi) is 6.36. The van der Waals surface area contributed by atoms with Crippen LogP contribution in [0.5, 0.6) is 11.5 Å². The van der Waals surface area contributed by atoms with Crippen molar-refractivity contribution < 1.29 is 27.8 Å². The van der Waals surface area contributed by atoms with E-state index >= 15 is 0 Å². The SMILES string of the molecule is CCOC(=O)c1cn2c(cc1=O)-c1cc(OC)c(OC(F)(F)CC)cc1CC2C(C)(C)C. The van der Waals surface area contributed by atoms with Crippen LogP contribution in [0.1, 0.15) is 63.0 Å². The van der Waals surface area contributed by atoms with Gasteiger partial charge in [-0.2, -0.15) is 8.78 Å². The van der Waals surface area contributed by atoms with E-state index in [1.165, 1.54) is 26.3 Å². The van der Waals surface area contributed by atoms with Crippen molar-refractivity contribution in [1.29, 1.82) is 0 Å². The number of aromatic nitrogens is 1. The zero-order chi connectivity index (χ0) is 23.8. The molecule has 8 heteroatoms. The van der Waals surface area contributed by atoms with Crippen molar-refractivity contribution in [3.05, 3.63) is 45.7 Å². The van der Waals surface area contributed by atoms with E-state index in [1.54, 1.807) is 19.1 Å². The molecule has 0 saturated carbocycles. The first kappa shape index (κ1) is 23.8. The van der Waals surface area contributed by atoms with E-state index in [-0.39, 0.29) is 35.1 Å². The minimum Gasteiger partial charge on any atom is -0.493 e. The van der Waals surface area contributed by atoms with Crippen molar-refractivity contribution in [3.8, 4) is 22.8 Å². The average molecular weight is 449 g/mol. The molecule has 1 aromatic heterocycles. The molecule has 1 atom stereocenters. The highest BCUT2D eigenvalue weighted by atomic mass is 19.3. The van der Waals surface area contributed by atoms with Crippen molar-refractivity contribution >= 4 is 5.97 Å². The van der Waals surface area contributed by atoms with Gasteiger partial charge in [-0.15, -0.1) is 0 Å². The van der Waals surface area contributed by atoms with Crippen molar-refractivity contribution in [1.82, 2.24) is 4.57 Å². The molecular formula is C24H29F2NO5. The molecule has 0 amide bonds. The van der Waals surface area contributed by atoms with Gasteiger partial charge in [-0.1, -0.05) is 27.7 Å². The summed E-state index contributed by atoms with van der Waals surface area (Å²) in [4.78, 5) is 25.1. The molecule has 2 heterocycles. The van der Waals surface area contributed by atoms with E-state index in [0.29, 0.717) is 17.7 Å². The molecule has 0 radical (unpaired) electrons. The zero-order valence-corrected chi connectivity index (χ0v) is 19.3. The lowest BCUT2D eigenvalue weighted by Crippen LogP contribution is -2.33. The maximum Gasteiger partial charge on any atom is 0.397 e. The predicted molar refractivity (Wildman–Crippen MR) is 117 cm³/mol. The van der Waals surface area contributed by atoms with E-state index in [4.69, 9.17) is 14.2 Å². The third-order valence-electron chi connectivity index (χ3n) is 5.66. The topological polar surface area (TPSA) is 66.8 Å². The minimum atomic E-state index is -3.33. The molecular weight excluding hydrogens is 420 g/mol. The third kappa shape index (κ3) is 4.49. The second-order valence-electron chi connectivity index (χ2n) is 8.90. The molecule has 0 saturated heterocycles. The number of halogens is 2. The number of hydrogen-bond donors (Lipinski definition) is 0. The van der Waals surface area contributed by atoms with Gasteiger partial charge in [0, 0.05) is 30.3 Å². The molecule has 0 aliphatic carbocycles. The number of carbonyl (C=O) groups excluding carboxylic acids is 1. The Hall–Kier alpha value is -2.90.